The normalized spacial score (nSPS) is 14.6. The highest BCUT2D eigenvalue weighted by molar-refractivity contribution is 5.94. The number of nitrogens with one attached hydrogen (secondary N) is 1. The standard InChI is InChI=1S/C18H21N5O4/c1-27-16-6-5-14(23(25)26)12-15(16)20-18(24)13-21-8-10-22(11-9-21)17-4-2-3-7-19-17/h2-7,12H,8-11,13H2,1H3,(H,20,24). The Morgan fingerprint density at radius 3 is 2.67 bits per heavy atom. The highest BCUT2D eigenvalue weighted by Crippen LogP contribution is 2.28. The van der Waals surface area contributed by atoms with Crippen LogP contribution >= 0.6 is 0 Å². The number of piperazine rings is 1. The number of benzene rings is 1. The van der Waals surface area contributed by atoms with E-state index in [9.17, 15) is 14.9 Å². The van der Waals surface area contributed by atoms with Gasteiger partial charge in [0.15, 0.2) is 0 Å². The fraction of sp³-hybridized carbons (Fsp3) is 0.333. The SMILES string of the molecule is COc1ccc([N+](=O)[O-])cc1NC(=O)CN1CCN(c2ccccn2)CC1. The number of anilines is 2. The van der Waals surface area contributed by atoms with Gasteiger partial charge in [0.1, 0.15) is 11.6 Å². The minimum absolute atomic E-state index is 0.102. The number of nitro benzene ring substituents is 1. The van der Waals surface area contributed by atoms with Crippen LogP contribution in [-0.4, -0.2) is 60.5 Å². The van der Waals surface area contributed by atoms with Crippen molar-refractivity contribution in [3.63, 3.8) is 0 Å². The molecule has 0 aliphatic carbocycles. The molecule has 0 unspecified atom stereocenters. The summed E-state index contributed by atoms with van der Waals surface area (Å²) in [5.74, 6) is 1.08. The zero-order chi connectivity index (χ0) is 19.2. The summed E-state index contributed by atoms with van der Waals surface area (Å²) in [6.07, 6.45) is 1.77. The van der Waals surface area contributed by atoms with Crippen LogP contribution in [0.5, 0.6) is 5.75 Å². The van der Waals surface area contributed by atoms with Crippen molar-refractivity contribution in [2.24, 2.45) is 0 Å². The predicted molar refractivity (Wildman–Crippen MR) is 101 cm³/mol. The summed E-state index contributed by atoms with van der Waals surface area (Å²) in [6.45, 7) is 3.24. The zero-order valence-electron chi connectivity index (χ0n) is 15.0. The molecule has 1 saturated heterocycles. The fourth-order valence-electron chi connectivity index (χ4n) is 2.98. The van der Waals surface area contributed by atoms with E-state index in [4.69, 9.17) is 4.74 Å². The van der Waals surface area contributed by atoms with Gasteiger partial charge < -0.3 is 15.0 Å². The lowest BCUT2D eigenvalue weighted by atomic mass is 10.2. The third-order valence-electron chi connectivity index (χ3n) is 4.38. The molecule has 0 radical (unpaired) electrons. The molecule has 3 rings (SSSR count). The van der Waals surface area contributed by atoms with Crippen molar-refractivity contribution in [1.29, 1.82) is 0 Å². The topological polar surface area (TPSA) is 101 Å². The molecule has 27 heavy (non-hydrogen) atoms. The summed E-state index contributed by atoms with van der Waals surface area (Å²) in [4.78, 5) is 31.4. The van der Waals surface area contributed by atoms with Crippen LogP contribution in [-0.2, 0) is 4.79 Å². The van der Waals surface area contributed by atoms with Gasteiger partial charge in [0.2, 0.25) is 5.91 Å². The molecule has 1 aromatic heterocycles. The number of nitrogens with zero attached hydrogens (tertiary/aromatic N) is 4. The Morgan fingerprint density at radius 2 is 2.04 bits per heavy atom. The number of nitro groups is 1. The summed E-state index contributed by atoms with van der Waals surface area (Å²) < 4.78 is 5.17. The quantitative estimate of drug-likeness (QED) is 0.610. The first-order valence-corrected chi connectivity index (χ1v) is 8.57. The van der Waals surface area contributed by atoms with Crippen LogP contribution in [0.25, 0.3) is 0 Å². The largest absolute Gasteiger partial charge is 0.495 e. The number of ether oxygens (including phenoxy) is 1. The lowest BCUT2D eigenvalue weighted by Gasteiger charge is -2.34. The number of methoxy groups -OCH3 is 1. The van der Waals surface area contributed by atoms with E-state index in [0.29, 0.717) is 11.4 Å². The first-order valence-electron chi connectivity index (χ1n) is 8.57. The van der Waals surface area contributed by atoms with Crippen LogP contribution < -0.4 is 15.0 Å². The highest BCUT2D eigenvalue weighted by atomic mass is 16.6. The number of hydrogen-bond acceptors (Lipinski definition) is 7. The van der Waals surface area contributed by atoms with Crippen molar-refractivity contribution in [1.82, 2.24) is 9.88 Å². The van der Waals surface area contributed by atoms with Gasteiger partial charge in [0.05, 0.1) is 24.3 Å². The van der Waals surface area contributed by atoms with Crippen LogP contribution in [0.15, 0.2) is 42.6 Å². The minimum atomic E-state index is -0.508. The molecule has 0 spiro atoms. The molecule has 9 nitrogen and oxygen atoms in total. The summed E-state index contributed by atoms with van der Waals surface area (Å²) in [7, 11) is 1.45. The molecule has 2 heterocycles. The average Bonchev–Trinajstić information content (AvgIpc) is 2.69. The fourth-order valence-corrected chi connectivity index (χ4v) is 2.98. The third-order valence-corrected chi connectivity index (χ3v) is 4.38. The third kappa shape index (κ3) is 4.70. The number of carbonyl (C=O) groups excluding carboxylic acids is 1. The van der Waals surface area contributed by atoms with Crippen molar-refractivity contribution >= 4 is 23.1 Å². The van der Waals surface area contributed by atoms with Crippen LogP contribution in [0.3, 0.4) is 0 Å². The molecule has 1 amide bonds. The van der Waals surface area contributed by atoms with Gasteiger partial charge in [-0.2, -0.15) is 0 Å². The van der Waals surface area contributed by atoms with Gasteiger partial charge in [-0.15, -0.1) is 0 Å². The molecule has 0 bridgehead atoms. The highest BCUT2D eigenvalue weighted by Gasteiger charge is 2.21. The van der Waals surface area contributed by atoms with Crippen molar-refractivity contribution < 1.29 is 14.5 Å². The van der Waals surface area contributed by atoms with Crippen molar-refractivity contribution in [2.45, 2.75) is 0 Å². The van der Waals surface area contributed by atoms with E-state index in [1.807, 2.05) is 23.1 Å². The monoisotopic (exact) mass is 371 g/mol. The Bertz CT molecular complexity index is 807. The Hall–Kier alpha value is -3.20. The van der Waals surface area contributed by atoms with Crippen LogP contribution in [0, 0.1) is 10.1 Å². The van der Waals surface area contributed by atoms with E-state index < -0.39 is 4.92 Å². The maximum atomic E-state index is 12.4. The number of aromatic nitrogens is 1. The first-order chi connectivity index (χ1) is 13.1. The molecule has 1 fully saturated rings. The lowest BCUT2D eigenvalue weighted by molar-refractivity contribution is -0.384. The molecular weight excluding hydrogens is 350 g/mol. The summed E-state index contributed by atoms with van der Waals surface area (Å²) in [5.41, 5.74) is 0.193. The molecule has 1 aliphatic rings. The molecule has 1 aliphatic heterocycles. The summed E-state index contributed by atoms with van der Waals surface area (Å²) >= 11 is 0. The smallest absolute Gasteiger partial charge is 0.271 e. The molecule has 1 aromatic carbocycles. The maximum absolute atomic E-state index is 12.4. The molecule has 0 atom stereocenters. The number of rotatable bonds is 6. The van der Waals surface area contributed by atoms with E-state index in [2.05, 4.69) is 15.2 Å². The molecule has 9 heteroatoms. The van der Waals surface area contributed by atoms with E-state index in [1.165, 1.54) is 25.3 Å². The lowest BCUT2D eigenvalue weighted by Crippen LogP contribution is -2.48. The number of pyridine rings is 1. The van der Waals surface area contributed by atoms with E-state index in [0.717, 1.165) is 32.0 Å². The number of hydrogen-bond donors (Lipinski definition) is 1. The summed E-state index contributed by atoms with van der Waals surface area (Å²) in [5, 5.41) is 13.6. The molecule has 142 valence electrons. The van der Waals surface area contributed by atoms with Crippen LogP contribution in [0.2, 0.25) is 0 Å². The Labute approximate surface area is 156 Å². The number of non-ortho nitro benzene ring substituents is 1. The second kappa shape index (κ2) is 8.45. The van der Waals surface area contributed by atoms with Crippen molar-refractivity contribution in [3.8, 4) is 5.75 Å². The Balaban J connectivity index is 1.56. The molecule has 1 N–H and O–H groups in total. The van der Waals surface area contributed by atoms with Gasteiger partial charge in [-0.25, -0.2) is 4.98 Å². The van der Waals surface area contributed by atoms with Crippen molar-refractivity contribution in [3.05, 3.63) is 52.7 Å². The average molecular weight is 371 g/mol. The molecular formula is C18H21N5O4. The second-order valence-electron chi connectivity index (χ2n) is 6.14. The zero-order valence-corrected chi connectivity index (χ0v) is 15.0. The van der Waals surface area contributed by atoms with Gasteiger partial charge >= 0.3 is 0 Å². The van der Waals surface area contributed by atoms with E-state index in [1.54, 1.807) is 6.20 Å². The minimum Gasteiger partial charge on any atom is -0.495 e. The number of amides is 1. The van der Waals surface area contributed by atoms with E-state index in [-0.39, 0.29) is 18.1 Å². The Morgan fingerprint density at radius 1 is 1.26 bits per heavy atom. The first kappa shape index (κ1) is 18.6. The van der Waals surface area contributed by atoms with Crippen LogP contribution in [0.1, 0.15) is 0 Å². The Kier molecular flexibility index (Phi) is 5.82. The van der Waals surface area contributed by atoms with Crippen LogP contribution in [0.4, 0.5) is 17.2 Å². The van der Waals surface area contributed by atoms with Crippen molar-refractivity contribution in [2.75, 3.05) is 50.1 Å². The maximum Gasteiger partial charge on any atom is 0.271 e. The van der Waals surface area contributed by atoms with Gasteiger partial charge in [0.25, 0.3) is 5.69 Å². The second-order valence-corrected chi connectivity index (χ2v) is 6.14. The molecule has 0 saturated carbocycles. The predicted octanol–water partition coefficient (Wildman–Crippen LogP) is 1.76. The van der Waals surface area contributed by atoms with Gasteiger partial charge in [-0.05, 0) is 18.2 Å². The van der Waals surface area contributed by atoms with Gasteiger partial charge in [-0.3, -0.25) is 19.8 Å². The van der Waals surface area contributed by atoms with E-state index >= 15 is 0 Å². The number of carbonyl (C=O) groups is 1. The molecule has 2 aromatic rings. The van der Waals surface area contributed by atoms with Gasteiger partial charge in [-0.1, -0.05) is 6.07 Å². The summed E-state index contributed by atoms with van der Waals surface area (Å²) in [6, 6.07) is 9.91. The van der Waals surface area contributed by atoms with Gasteiger partial charge in [0, 0.05) is 44.5 Å².